The van der Waals surface area contributed by atoms with E-state index in [-0.39, 0.29) is 5.82 Å². The number of hydrogen-bond acceptors (Lipinski definition) is 1. The SMILES string of the molecule is Fc1ccc(Br)c(NCCC2CCCCC2)c1. The molecule has 1 aliphatic rings. The first-order chi connectivity index (χ1) is 8.25. The van der Waals surface area contributed by atoms with Crippen molar-refractivity contribution in [1.29, 1.82) is 0 Å². The fourth-order valence-electron chi connectivity index (χ4n) is 2.52. The highest BCUT2D eigenvalue weighted by Crippen LogP contribution is 2.27. The number of halogens is 2. The average molecular weight is 300 g/mol. The molecule has 1 N–H and O–H groups in total. The molecule has 0 bridgehead atoms. The third kappa shape index (κ3) is 3.98. The molecule has 1 aromatic rings. The van der Waals surface area contributed by atoms with Gasteiger partial charge in [0.15, 0.2) is 0 Å². The van der Waals surface area contributed by atoms with E-state index in [0.29, 0.717) is 0 Å². The van der Waals surface area contributed by atoms with E-state index in [2.05, 4.69) is 21.2 Å². The molecule has 94 valence electrons. The summed E-state index contributed by atoms with van der Waals surface area (Å²) in [6, 6.07) is 4.76. The van der Waals surface area contributed by atoms with Crippen LogP contribution in [0.5, 0.6) is 0 Å². The van der Waals surface area contributed by atoms with Crippen LogP contribution in [0.15, 0.2) is 22.7 Å². The van der Waals surface area contributed by atoms with Gasteiger partial charge in [0.25, 0.3) is 0 Å². The molecule has 3 heteroatoms. The Labute approximate surface area is 111 Å². The molecule has 0 aromatic heterocycles. The van der Waals surface area contributed by atoms with Gasteiger partial charge in [-0.3, -0.25) is 0 Å². The van der Waals surface area contributed by atoms with E-state index in [0.717, 1.165) is 22.6 Å². The predicted molar refractivity (Wildman–Crippen MR) is 73.8 cm³/mol. The highest BCUT2D eigenvalue weighted by Gasteiger charge is 2.12. The van der Waals surface area contributed by atoms with Crippen molar-refractivity contribution in [2.75, 3.05) is 11.9 Å². The number of anilines is 1. The Kier molecular flexibility index (Phi) is 4.84. The van der Waals surface area contributed by atoms with Crippen LogP contribution in [0.25, 0.3) is 0 Å². The van der Waals surface area contributed by atoms with E-state index >= 15 is 0 Å². The maximum atomic E-state index is 13.1. The van der Waals surface area contributed by atoms with Crippen molar-refractivity contribution < 1.29 is 4.39 Å². The number of rotatable bonds is 4. The van der Waals surface area contributed by atoms with Crippen LogP contribution in [0.3, 0.4) is 0 Å². The van der Waals surface area contributed by atoms with Crippen molar-refractivity contribution in [1.82, 2.24) is 0 Å². The van der Waals surface area contributed by atoms with Gasteiger partial charge in [0.2, 0.25) is 0 Å². The van der Waals surface area contributed by atoms with Crippen LogP contribution in [0, 0.1) is 11.7 Å². The van der Waals surface area contributed by atoms with Gasteiger partial charge in [-0.1, -0.05) is 32.1 Å². The normalized spacial score (nSPS) is 17.1. The van der Waals surface area contributed by atoms with Crippen molar-refractivity contribution in [2.24, 2.45) is 5.92 Å². The van der Waals surface area contributed by atoms with Crippen LogP contribution in [-0.2, 0) is 0 Å². The van der Waals surface area contributed by atoms with Crippen molar-refractivity contribution >= 4 is 21.6 Å². The predicted octanol–water partition coefficient (Wildman–Crippen LogP) is 4.97. The molecular weight excluding hydrogens is 281 g/mol. The second kappa shape index (κ2) is 6.39. The van der Waals surface area contributed by atoms with Crippen LogP contribution >= 0.6 is 15.9 Å². The van der Waals surface area contributed by atoms with E-state index < -0.39 is 0 Å². The van der Waals surface area contributed by atoms with Gasteiger partial charge >= 0.3 is 0 Å². The Morgan fingerprint density at radius 1 is 1.24 bits per heavy atom. The minimum Gasteiger partial charge on any atom is -0.384 e. The molecule has 0 atom stereocenters. The van der Waals surface area contributed by atoms with E-state index in [1.54, 1.807) is 12.1 Å². The molecule has 1 saturated carbocycles. The molecule has 0 radical (unpaired) electrons. The summed E-state index contributed by atoms with van der Waals surface area (Å²) in [5, 5.41) is 3.31. The molecule has 2 rings (SSSR count). The minimum atomic E-state index is -0.187. The molecular formula is C14H19BrFN. The third-order valence-electron chi connectivity index (χ3n) is 3.52. The Balaban J connectivity index is 1.79. The first kappa shape index (κ1) is 12.9. The maximum absolute atomic E-state index is 13.1. The molecule has 0 unspecified atom stereocenters. The molecule has 1 fully saturated rings. The van der Waals surface area contributed by atoms with Gasteiger partial charge in [-0.25, -0.2) is 4.39 Å². The Bertz CT molecular complexity index is 361. The van der Waals surface area contributed by atoms with Gasteiger partial charge in [-0.2, -0.15) is 0 Å². The summed E-state index contributed by atoms with van der Waals surface area (Å²) in [5.41, 5.74) is 0.862. The van der Waals surface area contributed by atoms with Crippen molar-refractivity contribution in [3.8, 4) is 0 Å². The summed E-state index contributed by atoms with van der Waals surface area (Å²) in [5.74, 6) is 0.678. The highest BCUT2D eigenvalue weighted by molar-refractivity contribution is 9.10. The van der Waals surface area contributed by atoms with Gasteiger partial charge in [0.1, 0.15) is 5.82 Å². The maximum Gasteiger partial charge on any atom is 0.125 e. The first-order valence-electron chi connectivity index (χ1n) is 6.44. The zero-order valence-electron chi connectivity index (χ0n) is 10.0. The lowest BCUT2D eigenvalue weighted by Gasteiger charge is -2.21. The van der Waals surface area contributed by atoms with E-state index in [9.17, 15) is 4.39 Å². The van der Waals surface area contributed by atoms with Crippen LogP contribution in [-0.4, -0.2) is 6.54 Å². The van der Waals surface area contributed by atoms with Gasteiger partial charge in [0, 0.05) is 11.0 Å². The highest BCUT2D eigenvalue weighted by atomic mass is 79.9. The van der Waals surface area contributed by atoms with E-state index in [1.165, 1.54) is 44.6 Å². The monoisotopic (exact) mass is 299 g/mol. The van der Waals surface area contributed by atoms with Crippen LogP contribution in [0.4, 0.5) is 10.1 Å². The summed E-state index contributed by atoms with van der Waals surface area (Å²) in [6.07, 6.45) is 8.10. The molecule has 1 aliphatic carbocycles. The molecule has 0 spiro atoms. The lowest BCUT2D eigenvalue weighted by molar-refractivity contribution is 0.345. The fraction of sp³-hybridized carbons (Fsp3) is 0.571. The van der Waals surface area contributed by atoms with Crippen LogP contribution in [0.2, 0.25) is 0 Å². The zero-order valence-corrected chi connectivity index (χ0v) is 11.6. The van der Waals surface area contributed by atoms with Gasteiger partial charge in [-0.05, 0) is 46.5 Å². The second-order valence-corrected chi connectivity index (χ2v) is 5.70. The van der Waals surface area contributed by atoms with E-state index in [1.807, 2.05) is 0 Å². The van der Waals surface area contributed by atoms with Gasteiger partial charge < -0.3 is 5.32 Å². The fourth-order valence-corrected chi connectivity index (χ4v) is 2.91. The summed E-state index contributed by atoms with van der Waals surface area (Å²) in [6.45, 7) is 0.937. The smallest absolute Gasteiger partial charge is 0.125 e. The third-order valence-corrected chi connectivity index (χ3v) is 4.21. The summed E-state index contributed by atoms with van der Waals surface area (Å²) in [7, 11) is 0. The molecule has 1 aromatic carbocycles. The molecule has 0 aliphatic heterocycles. The number of nitrogens with one attached hydrogen (secondary N) is 1. The van der Waals surface area contributed by atoms with Crippen molar-refractivity contribution in [3.05, 3.63) is 28.5 Å². The number of benzene rings is 1. The standard InChI is InChI=1S/C14H19BrFN/c15-13-7-6-12(16)10-14(13)17-9-8-11-4-2-1-3-5-11/h6-7,10-11,17H,1-5,8-9H2. The van der Waals surface area contributed by atoms with Crippen molar-refractivity contribution in [3.63, 3.8) is 0 Å². The van der Waals surface area contributed by atoms with Crippen molar-refractivity contribution in [2.45, 2.75) is 38.5 Å². The lowest BCUT2D eigenvalue weighted by Crippen LogP contribution is -2.12. The van der Waals surface area contributed by atoms with Crippen LogP contribution in [0.1, 0.15) is 38.5 Å². The largest absolute Gasteiger partial charge is 0.384 e. The van der Waals surface area contributed by atoms with Gasteiger partial charge in [-0.15, -0.1) is 0 Å². The Morgan fingerprint density at radius 3 is 2.76 bits per heavy atom. The topological polar surface area (TPSA) is 12.0 Å². The summed E-state index contributed by atoms with van der Waals surface area (Å²) >= 11 is 3.43. The Hall–Kier alpha value is -0.570. The van der Waals surface area contributed by atoms with Gasteiger partial charge in [0.05, 0.1) is 5.69 Å². The molecule has 1 nitrogen and oxygen atoms in total. The summed E-state index contributed by atoms with van der Waals surface area (Å²) < 4.78 is 14.0. The van der Waals surface area contributed by atoms with E-state index in [4.69, 9.17) is 0 Å². The lowest BCUT2D eigenvalue weighted by atomic mass is 9.87. The number of hydrogen-bond donors (Lipinski definition) is 1. The molecule has 0 amide bonds. The average Bonchev–Trinajstić information content (AvgIpc) is 2.35. The molecule has 0 saturated heterocycles. The first-order valence-corrected chi connectivity index (χ1v) is 7.24. The van der Waals surface area contributed by atoms with Crippen LogP contribution < -0.4 is 5.32 Å². The zero-order chi connectivity index (χ0) is 12.1. The minimum absolute atomic E-state index is 0.187. The molecule has 0 heterocycles. The molecule has 17 heavy (non-hydrogen) atoms. The Morgan fingerprint density at radius 2 is 2.00 bits per heavy atom. The quantitative estimate of drug-likeness (QED) is 0.827. The summed E-state index contributed by atoms with van der Waals surface area (Å²) in [4.78, 5) is 0. The second-order valence-electron chi connectivity index (χ2n) is 4.84.